The number of carbonyl (C=O) groups is 1. The second-order valence-corrected chi connectivity index (χ2v) is 6.40. The second-order valence-electron chi connectivity index (χ2n) is 4.53. The lowest BCUT2D eigenvalue weighted by molar-refractivity contribution is 0.0946. The molecule has 102 valence electrons. The number of nitrogens with zero attached hydrogens (tertiary/aromatic N) is 2. The lowest BCUT2D eigenvalue weighted by Gasteiger charge is -2.00. The number of fused-ring (bicyclic) bond motifs is 1. The van der Waals surface area contributed by atoms with E-state index in [4.69, 9.17) is 23.2 Å². The van der Waals surface area contributed by atoms with Crippen LogP contribution in [0, 0.1) is 13.8 Å². The van der Waals surface area contributed by atoms with Gasteiger partial charge in [-0.2, -0.15) is 5.10 Å². The van der Waals surface area contributed by atoms with Crippen molar-refractivity contribution in [2.45, 2.75) is 13.8 Å². The van der Waals surface area contributed by atoms with Crippen LogP contribution >= 0.6 is 34.5 Å². The highest BCUT2D eigenvalue weighted by atomic mass is 35.5. The van der Waals surface area contributed by atoms with Crippen LogP contribution in [0.3, 0.4) is 0 Å². The molecule has 0 bridgehead atoms. The topological polar surface area (TPSA) is 34.9 Å². The van der Waals surface area contributed by atoms with Crippen LogP contribution in [0.5, 0.6) is 0 Å². The fourth-order valence-electron chi connectivity index (χ4n) is 2.11. The van der Waals surface area contributed by atoms with Crippen LogP contribution in [0.4, 0.5) is 0 Å². The summed E-state index contributed by atoms with van der Waals surface area (Å²) in [6, 6.07) is 7.26. The summed E-state index contributed by atoms with van der Waals surface area (Å²) in [5, 5.41) is 6.13. The molecule has 0 unspecified atom stereocenters. The largest absolute Gasteiger partial charge is 0.290 e. The van der Waals surface area contributed by atoms with Crippen LogP contribution in [-0.4, -0.2) is 15.7 Å². The van der Waals surface area contributed by atoms with Crippen LogP contribution in [0.25, 0.3) is 10.1 Å². The van der Waals surface area contributed by atoms with Gasteiger partial charge < -0.3 is 0 Å². The summed E-state index contributed by atoms with van der Waals surface area (Å²) < 4.78 is 2.28. The molecule has 3 aromatic rings. The predicted octanol–water partition coefficient (Wildman–Crippen LogP) is 4.71. The van der Waals surface area contributed by atoms with Crippen molar-refractivity contribution in [1.29, 1.82) is 0 Å². The number of benzene rings is 1. The van der Waals surface area contributed by atoms with E-state index >= 15 is 0 Å². The summed E-state index contributed by atoms with van der Waals surface area (Å²) in [6.07, 6.45) is 0. The number of halogens is 2. The number of aromatic nitrogens is 2. The lowest BCUT2D eigenvalue weighted by atomic mass is 10.2. The Hall–Kier alpha value is -1.36. The van der Waals surface area contributed by atoms with Crippen LogP contribution in [0.15, 0.2) is 24.3 Å². The normalized spacial score (nSPS) is 11.2. The van der Waals surface area contributed by atoms with Gasteiger partial charge in [0, 0.05) is 20.8 Å². The third kappa shape index (κ3) is 2.14. The van der Waals surface area contributed by atoms with Crippen molar-refractivity contribution in [3.63, 3.8) is 0 Å². The Kier molecular flexibility index (Phi) is 3.32. The van der Waals surface area contributed by atoms with Gasteiger partial charge in [-0.15, -0.1) is 11.3 Å². The van der Waals surface area contributed by atoms with Crippen LogP contribution in [0.2, 0.25) is 10.0 Å². The van der Waals surface area contributed by atoms with Gasteiger partial charge in [-0.25, -0.2) is 4.68 Å². The molecule has 20 heavy (non-hydrogen) atoms. The highest BCUT2D eigenvalue weighted by Gasteiger charge is 2.20. The number of rotatable bonds is 1. The summed E-state index contributed by atoms with van der Waals surface area (Å²) in [5.74, 6) is -0.210. The summed E-state index contributed by atoms with van der Waals surface area (Å²) in [6.45, 7) is 3.69. The maximum absolute atomic E-state index is 12.5. The highest BCUT2D eigenvalue weighted by molar-refractivity contribution is 7.21. The van der Waals surface area contributed by atoms with E-state index in [1.165, 1.54) is 16.0 Å². The summed E-state index contributed by atoms with van der Waals surface area (Å²) in [5.41, 5.74) is 1.59. The number of aryl methyl sites for hydroxylation is 2. The zero-order valence-corrected chi connectivity index (χ0v) is 13.1. The quantitative estimate of drug-likeness (QED) is 0.649. The first-order valence-corrected chi connectivity index (χ1v) is 7.50. The fraction of sp³-hybridized carbons (Fsp3) is 0.143. The second kappa shape index (κ2) is 4.88. The average Bonchev–Trinajstić information content (AvgIpc) is 2.89. The Morgan fingerprint density at radius 3 is 2.65 bits per heavy atom. The number of thiophene rings is 1. The molecule has 0 radical (unpaired) electrons. The molecule has 0 N–H and O–H groups in total. The Labute approximate surface area is 129 Å². The monoisotopic (exact) mass is 324 g/mol. The third-order valence-corrected chi connectivity index (χ3v) is 4.87. The molecule has 2 heterocycles. The molecule has 3 rings (SSSR count). The van der Waals surface area contributed by atoms with Crippen molar-refractivity contribution < 1.29 is 4.79 Å². The Bertz CT molecular complexity index is 835. The number of carbonyl (C=O) groups excluding carboxylic acids is 1. The summed E-state index contributed by atoms with van der Waals surface area (Å²) in [7, 11) is 0. The molecular weight excluding hydrogens is 315 g/mol. The van der Waals surface area contributed by atoms with E-state index < -0.39 is 0 Å². The summed E-state index contributed by atoms with van der Waals surface area (Å²) >= 11 is 13.6. The molecule has 1 aromatic carbocycles. The molecule has 0 aliphatic carbocycles. The third-order valence-electron chi connectivity index (χ3n) is 2.99. The maximum Gasteiger partial charge on any atom is 0.290 e. The van der Waals surface area contributed by atoms with Gasteiger partial charge in [0.1, 0.15) is 4.88 Å². The van der Waals surface area contributed by atoms with Gasteiger partial charge in [0.15, 0.2) is 0 Å². The average molecular weight is 325 g/mol. The van der Waals surface area contributed by atoms with Gasteiger partial charge >= 0.3 is 0 Å². The van der Waals surface area contributed by atoms with Crippen molar-refractivity contribution in [2.75, 3.05) is 0 Å². The van der Waals surface area contributed by atoms with Crippen LogP contribution < -0.4 is 0 Å². The molecule has 2 aromatic heterocycles. The van der Waals surface area contributed by atoms with E-state index in [1.807, 2.05) is 32.0 Å². The maximum atomic E-state index is 12.5. The lowest BCUT2D eigenvalue weighted by Crippen LogP contribution is -2.14. The summed E-state index contributed by atoms with van der Waals surface area (Å²) in [4.78, 5) is 13.0. The fourth-order valence-corrected chi connectivity index (χ4v) is 3.82. The standard InChI is InChI=1S/C14H10Cl2N2OS/c1-7-5-8(2)18(17-7)14(19)13-12(16)10-4-3-9(15)6-11(10)20-13/h3-6H,1-2H3. The zero-order chi connectivity index (χ0) is 14.4. The predicted molar refractivity (Wildman–Crippen MR) is 83.3 cm³/mol. The van der Waals surface area contributed by atoms with E-state index in [2.05, 4.69) is 5.10 Å². The van der Waals surface area contributed by atoms with E-state index in [0.29, 0.717) is 14.9 Å². The minimum atomic E-state index is -0.210. The molecule has 6 heteroatoms. The minimum absolute atomic E-state index is 0.210. The van der Waals surface area contributed by atoms with Crippen LogP contribution in [-0.2, 0) is 0 Å². The molecule has 0 amide bonds. The van der Waals surface area contributed by atoms with E-state index in [-0.39, 0.29) is 5.91 Å². The van der Waals surface area contributed by atoms with E-state index in [0.717, 1.165) is 21.5 Å². The first kappa shape index (κ1) is 13.6. The minimum Gasteiger partial charge on any atom is -0.266 e. The Morgan fingerprint density at radius 1 is 1.25 bits per heavy atom. The Morgan fingerprint density at radius 2 is 2.00 bits per heavy atom. The molecule has 0 saturated carbocycles. The van der Waals surface area contributed by atoms with Crippen molar-refractivity contribution in [2.24, 2.45) is 0 Å². The van der Waals surface area contributed by atoms with Crippen molar-refractivity contribution >= 4 is 50.5 Å². The number of hydrogen-bond acceptors (Lipinski definition) is 3. The molecule has 0 spiro atoms. The van der Waals surface area contributed by atoms with Gasteiger partial charge in [0.05, 0.1) is 10.7 Å². The molecule has 0 fully saturated rings. The molecule has 0 aliphatic heterocycles. The van der Waals surface area contributed by atoms with Crippen molar-refractivity contribution in [1.82, 2.24) is 9.78 Å². The van der Waals surface area contributed by atoms with Crippen LogP contribution in [0.1, 0.15) is 21.1 Å². The molecular formula is C14H10Cl2N2OS. The first-order valence-electron chi connectivity index (χ1n) is 5.93. The van der Waals surface area contributed by atoms with Crippen molar-refractivity contribution in [3.8, 4) is 0 Å². The first-order chi connectivity index (χ1) is 9.47. The van der Waals surface area contributed by atoms with Gasteiger partial charge in [-0.1, -0.05) is 29.3 Å². The zero-order valence-electron chi connectivity index (χ0n) is 10.8. The smallest absolute Gasteiger partial charge is 0.266 e. The Balaban J connectivity index is 2.17. The molecule has 3 nitrogen and oxygen atoms in total. The van der Waals surface area contributed by atoms with Gasteiger partial charge in [0.2, 0.25) is 0 Å². The SMILES string of the molecule is Cc1cc(C)n(C(=O)c2sc3cc(Cl)ccc3c2Cl)n1. The van der Waals surface area contributed by atoms with E-state index in [1.54, 1.807) is 6.07 Å². The molecule has 0 atom stereocenters. The van der Waals surface area contributed by atoms with E-state index in [9.17, 15) is 4.79 Å². The van der Waals surface area contributed by atoms with Crippen molar-refractivity contribution in [3.05, 3.63) is 50.6 Å². The highest BCUT2D eigenvalue weighted by Crippen LogP contribution is 2.37. The molecule has 0 saturated heterocycles. The molecule has 0 aliphatic rings. The number of hydrogen-bond donors (Lipinski definition) is 0. The van der Waals surface area contributed by atoms with Gasteiger partial charge in [-0.3, -0.25) is 4.79 Å². The van der Waals surface area contributed by atoms with Gasteiger partial charge in [-0.05, 0) is 32.0 Å². The van der Waals surface area contributed by atoms with Gasteiger partial charge in [0.25, 0.3) is 5.91 Å².